The van der Waals surface area contributed by atoms with Gasteiger partial charge in [-0.3, -0.25) is 4.79 Å². The zero-order chi connectivity index (χ0) is 16.9. The second-order valence-electron chi connectivity index (χ2n) is 6.33. The standard InChI is InChI=1S/C19H24N2O3/c1-24-19(23)17-10-4-5-12-21(17)18(22)11-6-7-14-13-20-16-9-3-2-8-15(14)16/h2-3,8-9,13,17,20H,4-7,10-12H2,1H3. The summed E-state index contributed by atoms with van der Waals surface area (Å²) in [5, 5.41) is 1.22. The molecule has 1 aromatic heterocycles. The number of aromatic nitrogens is 1. The molecule has 0 bridgehead atoms. The lowest BCUT2D eigenvalue weighted by molar-refractivity contribution is -0.154. The Kier molecular flexibility index (Phi) is 5.18. The van der Waals surface area contributed by atoms with E-state index in [4.69, 9.17) is 4.74 Å². The van der Waals surface area contributed by atoms with Gasteiger partial charge in [-0.05, 0) is 43.7 Å². The molecule has 1 aromatic carbocycles. The second kappa shape index (κ2) is 7.51. The van der Waals surface area contributed by atoms with Crippen molar-refractivity contribution in [2.24, 2.45) is 0 Å². The molecule has 5 heteroatoms. The Hall–Kier alpha value is -2.30. The number of fused-ring (bicyclic) bond motifs is 1. The molecule has 1 amide bonds. The van der Waals surface area contributed by atoms with Crippen LogP contribution in [-0.2, 0) is 20.7 Å². The summed E-state index contributed by atoms with van der Waals surface area (Å²) in [5.74, 6) is -0.232. The number of amides is 1. The summed E-state index contributed by atoms with van der Waals surface area (Å²) >= 11 is 0. The zero-order valence-electron chi connectivity index (χ0n) is 14.1. The molecule has 0 aliphatic carbocycles. The highest BCUT2D eigenvalue weighted by Gasteiger charge is 2.32. The fraction of sp³-hybridized carbons (Fsp3) is 0.474. The molecule has 2 heterocycles. The van der Waals surface area contributed by atoms with Crippen molar-refractivity contribution < 1.29 is 14.3 Å². The van der Waals surface area contributed by atoms with Gasteiger partial charge in [0.05, 0.1) is 7.11 Å². The van der Waals surface area contributed by atoms with Crippen molar-refractivity contribution >= 4 is 22.8 Å². The Bertz CT molecular complexity index is 722. The second-order valence-corrected chi connectivity index (χ2v) is 6.33. The van der Waals surface area contributed by atoms with Crippen molar-refractivity contribution in [3.63, 3.8) is 0 Å². The van der Waals surface area contributed by atoms with Crippen LogP contribution in [0.2, 0.25) is 0 Å². The molecule has 1 aliphatic rings. The van der Waals surface area contributed by atoms with Crippen LogP contribution in [0.4, 0.5) is 0 Å². The highest BCUT2D eigenvalue weighted by Crippen LogP contribution is 2.22. The van der Waals surface area contributed by atoms with Crippen molar-refractivity contribution in [2.75, 3.05) is 13.7 Å². The number of hydrogen-bond donors (Lipinski definition) is 1. The molecule has 3 rings (SSSR count). The number of esters is 1. The van der Waals surface area contributed by atoms with Gasteiger partial charge in [0.2, 0.25) is 5.91 Å². The number of hydrogen-bond acceptors (Lipinski definition) is 3. The molecular formula is C19H24N2O3. The number of carbonyl (C=O) groups is 2. The van der Waals surface area contributed by atoms with E-state index in [9.17, 15) is 9.59 Å². The molecule has 0 radical (unpaired) electrons. The van der Waals surface area contributed by atoms with Gasteiger partial charge in [0.25, 0.3) is 0 Å². The Labute approximate surface area is 142 Å². The Morgan fingerprint density at radius 1 is 1.29 bits per heavy atom. The maximum absolute atomic E-state index is 12.5. The van der Waals surface area contributed by atoms with E-state index < -0.39 is 6.04 Å². The Morgan fingerprint density at radius 2 is 2.12 bits per heavy atom. The number of aromatic amines is 1. The Morgan fingerprint density at radius 3 is 2.96 bits per heavy atom. The van der Waals surface area contributed by atoms with Gasteiger partial charge >= 0.3 is 5.97 Å². The lowest BCUT2D eigenvalue weighted by atomic mass is 10.0. The number of nitrogens with one attached hydrogen (secondary N) is 1. The van der Waals surface area contributed by atoms with Gasteiger partial charge in [0.15, 0.2) is 0 Å². The molecule has 1 atom stereocenters. The number of piperidine rings is 1. The van der Waals surface area contributed by atoms with Crippen LogP contribution in [0.25, 0.3) is 10.9 Å². The molecule has 1 unspecified atom stereocenters. The summed E-state index contributed by atoms with van der Waals surface area (Å²) in [6.45, 7) is 0.658. The smallest absolute Gasteiger partial charge is 0.328 e. The number of likely N-dealkylation sites (tertiary alicyclic amines) is 1. The van der Waals surface area contributed by atoms with Gasteiger partial charge in [-0.15, -0.1) is 0 Å². The zero-order valence-corrected chi connectivity index (χ0v) is 14.1. The number of nitrogens with zero attached hydrogens (tertiary/aromatic N) is 1. The molecule has 5 nitrogen and oxygen atoms in total. The lowest BCUT2D eigenvalue weighted by Gasteiger charge is -2.33. The average Bonchev–Trinajstić information content (AvgIpc) is 3.04. The molecule has 2 aromatic rings. The van der Waals surface area contributed by atoms with Crippen molar-refractivity contribution in [3.05, 3.63) is 36.0 Å². The number of rotatable bonds is 5. The van der Waals surface area contributed by atoms with Crippen LogP contribution in [-0.4, -0.2) is 41.5 Å². The van der Waals surface area contributed by atoms with E-state index in [0.717, 1.165) is 31.2 Å². The first-order chi connectivity index (χ1) is 11.7. The van der Waals surface area contributed by atoms with E-state index in [1.165, 1.54) is 18.1 Å². The third kappa shape index (κ3) is 3.45. The molecular weight excluding hydrogens is 304 g/mol. The summed E-state index contributed by atoms with van der Waals surface area (Å²) in [6, 6.07) is 7.79. The van der Waals surface area contributed by atoms with Gasteiger partial charge in [0.1, 0.15) is 6.04 Å². The number of ether oxygens (including phenoxy) is 1. The minimum absolute atomic E-state index is 0.0601. The van der Waals surface area contributed by atoms with Crippen LogP contribution in [0.1, 0.15) is 37.7 Å². The summed E-state index contributed by atoms with van der Waals surface area (Å²) < 4.78 is 4.84. The van der Waals surface area contributed by atoms with E-state index >= 15 is 0 Å². The minimum atomic E-state index is -0.399. The summed E-state index contributed by atoms with van der Waals surface area (Å²) in [7, 11) is 1.39. The predicted octanol–water partition coefficient (Wildman–Crippen LogP) is 3.04. The van der Waals surface area contributed by atoms with Crippen LogP contribution in [0.15, 0.2) is 30.5 Å². The van der Waals surface area contributed by atoms with Gasteiger partial charge in [-0.1, -0.05) is 18.2 Å². The molecule has 1 aliphatic heterocycles. The highest BCUT2D eigenvalue weighted by molar-refractivity contribution is 5.85. The number of methoxy groups -OCH3 is 1. The summed E-state index contributed by atoms with van der Waals surface area (Å²) in [6.07, 6.45) is 6.76. The lowest BCUT2D eigenvalue weighted by Crippen LogP contribution is -2.48. The van der Waals surface area contributed by atoms with Gasteiger partial charge in [-0.2, -0.15) is 0 Å². The Balaban J connectivity index is 1.57. The number of benzene rings is 1. The van der Waals surface area contributed by atoms with Crippen molar-refractivity contribution in [3.8, 4) is 0 Å². The molecule has 0 spiro atoms. The highest BCUT2D eigenvalue weighted by atomic mass is 16.5. The molecule has 1 saturated heterocycles. The average molecular weight is 328 g/mol. The molecule has 128 valence electrons. The van der Waals surface area contributed by atoms with E-state index in [0.29, 0.717) is 19.4 Å². The molecule has 1 N–H and O–H groups in total. The maximum Gasteiger partial charge on any atom is 0.328 e. The third-order valence-electron chi connectivity index (χ3n) is 4.81. The fourth-order valence-corrected chi connectivity index (χ4v) is 3.52. The van der Waals surface area contributed by atoms with Gasteiger partial charge in [0, 0.05) is 30.1 Å². The van der Waals surface area contributed by atoms with Gasteiger partial charge < -0.3 is 14.6 Å². The van der Waals surface area contributed by atoms with Crippen molar-refractivity contribution in [1.82, 2.24) is 9.88 Å². The summed E-state index contributed by atoms with van der Waals surface area (Å²) in [5.41, 5.74) is 2.36. The van der Waals surface area contributed by atoms with E-state index in [-0.39, 0.29) is 11.9 Å². The monoisotopic (exact) mass is 328 g/mol. The predicted molar refractivity (Wildman–Crippen MR) is 92.6 cm³/mol. The first-order valence-electron chi connectivity index (χ1n) is 8.63. The van der Waals surface area contributed by atoms with Crippen molar-refractivity contribution in [2.45, 2.75) is 44.6 Å². The SMILES string of the molecule is COC(=O)C1CCCCN1C(=O)CCCc1c[nH]c2ccccc12. The van der Waals surface area contributed by atoms with Gasteiger partial charge in [-0.25, -0.2) is 4.79 Å². The molecule has 24 heavy (non-hydrogen) atoms. The fourth-order valence-electron chi connectivity index (χ4n) is 3.52. The normalized spacial score (nSPS) is 17.9. The number of aryl methyl sites for hydroxylation is 1. The maximum atomic E-state index is 12.5. The van der Waals surface area contributed by atoms with Crippen LogP contribution in [0.5, 0.6) is 0 Å². The summed E-state index contributed by atoms with van der Waals surface area (Å²) in [4.78, 5) is 29.4. The quantitative estimate of drug-likeness (QED) is 0.858. The number of carbonyl (C=O) groups excluding carboxylic acids is 2. The van der Waals surface area contributed by atoms with Crippen LogP contribution in [0.3, 0.4) is 0 Å². The number of H-pyrrole nitrogens is 1. The van der Waals surface area contributed by atoms with Crippen LogP contribution in [0, 0.1) is 0 Å². The van der Waals surface area contributed by atoms with Crippen LogP contribution >= 0.6 is 0 Å². The van der Waals surface area contributed by atoms with Crippen LogP contribution < -0.4 is 0 Å². The third-order valence-corrected chi connectivity index (χ3v) is 4.81. The van der Waals surface area contributed by atoms with E-state index in [1.807, 2.05) is 18.3 Å². The van der Waals surface area contributed by atoms with E-state index in [2.05, 4.69) is 17.1 Å². The topological polar surface area (TPSA) is 62.4 Å². The number of para-hydroxylation sites is 1. The molecule has 0 saturated carbocycles. The molecule has 1 fully saturated rings. The van der Waals surface area contributed by atoms with Crippen molar-refractivity contribution in [1.29, 1.82) is 0 Å². The van der Waals surface area contributed by atoms with E-state index in [1.54, 1.807) is 4.90 Å². The first kappa shape index (κ1) is 16.6. The largest absolute Gasteiger partial charge is 0.467 e. The minimum Gasteiger partial charge on any atom is -0.467 e. The first-order valence-corrected chi connectivity index (χ1v) is 8.63.